The molecule has 0 aromatic heterocycles. The molecule has 0 aliphatic carbocycles. The Kier molecular flexibility index (Phi) is 15.7. The van der Waals surface area contributed by atoms with Crippen molar-refractivity contribution in [3.05, 3.63) is 4.91 Å². The fourth-order valence-corrected chi connectivity index (χ4v) is 3.48. The van der Waals surface area contributed by atoms with Crippen LogP contribution in [0.25, 0.3) is 0 Å². The van der Waals surface area contributed by atoms with Gasteiger partial charge in [-0.2, -0.15) is 8.42 Å². The summed E-state index contributed by atoms with van der Waals surface area (Å²) in [5.41, 5.74) is 0. The van der Waals surface area contributed by atoms with Crippen molar-refractivity contribution in [1.29, 1.82) is 0 Å². The van der Waals surface area contributed by atoms with Gasteiger partial charge in [0.15, 0.2) is 0 Å². The summed E-state index contributed by atoms with van der Waals surface area (Å²) in [7, 11) is -4.26. The summed E-state index contributed by atoms with van der Waals surface area (Å²) in [4.78, 5) is 10.3. The zero-order valence-corrected chi connectivity index (χ0v) is 16.5. The first-order valence-electron chi connectivity index (χ1n) is 9.83. The average molecular weight is 364 g/mol. The van der Waals surface area contributed by atoms with E-state index in [0.717, 1.165) is 25.7 Å². The average Bonchev–Trinajstić information content (AvgIpc) is 2.56. The van der Waals surface area contributed by atoms with Crippen LogP contribution in [0.2, 0.25) is 0 Å². The highest BCUT2D eigenvalue weighted by atomic mass is 32.2. The van der Waals surface area contributed by atoms with Gasteiger partial charge in [0.2, 0.25) is 0 Å². The number of nitroso groups, excluding NO2 is 1. The Morgan fingerprint density at radius 2 is 1.08 bits per heavy atom. The molecular weight excluding hydrogens is 326 g/mol. The van der Waals surface area contributed by atoms with E-state index >= 15 is 0 Å². The Bertz CT molecular complexity index is 384. The Morgan fingerprint density at radius 3 is 1.46 bits per heavy atom. The highest BCUT2D eigenvalue weighted by molar-refractivity contribution is 7.85. The maximum Gasteiger partial charge on any atom is 0.415 e. The molecule has 0 heterocycles. The van der Waals surface area contributed by atoms with Gasteiger partial charge in [-0.25, -0.2) is 4.18 Å². The Labute approximate surface area is 149 Å². The van der Waals surface area contributed by atoms with Crippen LogP contribution in [-0.2, 0) is 14.5 Å². The second-order valence-electron chi connectivity index (χ2n) is 6.69. The standard InChI is InChI=1S/C18H37NO4S/c1-3-5-7-9-11-13-15-17-18(23-24(21,22)19-20)16-14-12-10-8-6-4-2/h18H,3-17H2,1-2H3. The predicted molar refractivity (Wildman–Crippen MR) is 100 cm³/mol. The van der Waals surface area contributed by atoms with Gasteiger partial charge in [-0.3, -0.25) is 0 Å². The fourth-order valence-electron chi connectivity index (χ4n) is 2.91. The third-order valence-corrected chi connectivity index (χ3v) is 5.06. The summed E-state index contributed by atoms with van der Waals surface area (Å²) < 4.78 is 29.6. The summed E-state index contributed by atoms with van der Waals surface area (Å²) in [6.45, 7) is 4.38. The number of nitrogens with zero attached hydrogens (tertiary/aromatic N) is 1. The van der Waals surface area contributed by atoms with Gasteiger partial charge in [0.05, 0.1) is 10.7 Å². The Morgan fingerprint density at radius 1 is 0.708 bits per heavy atom. The maximum absolute atomic E-state index is 11.3. The van der Waals surface area contributed by atoms with Gasteiger partial charge in [0, 0.05) is 0 Å². The lowest BCUT2D eigenvalue weighted by molar-refractivity contribution is 0.180. The minimum atomic E-state index is -4.26. The van der Waals surface area contributed by atoms with Crippen molar-refractivity contribution in [2.75, 3.05) is 0 Å². The van der Waals surface area contributed by atoms with Crippen LogP contribution in [0.4, 0.5) is 0 Å². The molecule has 0 bridgehead atoms. The van der Waals surface area contributed by atoms with Crippen molar-refractivity contribution in [3.63, 3.8) is 0 Å². The maximum atomic E-state index is 11.3. The molecule has 0 radical (unpaired) electrons. The second kappa shape index (κ2) is 16.0. The van der Waals surface area contributed by atoms with Gasteiger partial charge in [0.1, 0.15) is 0 Å². The number of unbranched alkanes of at least 4 members (excludes halogenated alkanes) is 11. The lowest BCUT2D eigenvalue weighted by Crippen LogP contribution is -2.17. The SMILES string of the molecule is CCCCCCCCCC(CCCCCCCC)OS(=O)(=O)N=O. The first-order valence-corrected chi connectivity index (χ1v) is 11.2. The van der Waals surface area contributed by atoms with Crippen molar-refractivity contribution in [2.24, 2.45) is 4.58 Å². The van der Waals surface area contributed by atoms with E-state index in [0.29, 0.717) is 12.8 Å². The van der Waals surface area contributed by atoms with Crippen LogP contribution >= 0.6 is 0 Å². The van der Waals surface area contributed by atoms with E-state index in [1.54, 1.807) is 0 Å². The zero-order chi connectivity index (χ0) is 18.1. The molecule has 0 rings (SSSR count). The second-order valence-corrected chi connectivity index (χ2v) is 7.88. The summed E-state index contributed by atoms with van der Waals surface area (Å²) in [6.07, 6.45) is 16.2. The number of rotatable bonds is 18. The minimum Gasteiger partial charge on any atom is -0.247 e. The van der Waals surface area contributed by atoms with E-state index in [1.807, 2.05) is 0 Å². The first-order chi connectivity index (χ1) is 11.6. The molecule has 0 N–H and O–H groups in total. The largest absolute Gasteiger partial charge is 0.415 e. The van der Waals surface area contributed by atoms with Gasteiger partial charge in [0.25, 0.3) is 0 Å². The van der Waals surface area contributed by atoms with E-state index in [9.17, 15) is 13.3 Å². The molecule has 5 nitrogen and oxygen atoms in total. The third kappa shape index (κ3) is 15.1. The molecule has 6 heteroatoms. The van der Waals surface area contributed by atoms with Gasteiger partial charge in [-0.05, 0) is 12.8 Å². The smallest absolute Gasteiger partial charge is 0.247 e. The number of hydrogen-bond acceptors (Lipinski definition) is 4. The topological polar surface area (TPSA) is 72.8 Å². The molecule has 1 atom stereocenters. The lowest BCUT2D eigenvalue weighted by Gasteiger charge is -2.15. The highest BCUT2D eigenvalue weighted by Crippen LogP contribution is 2.19. The van der Waals surface area contributed by atoms with Gasteiger partial charge >= 0.3 is 10.3 Å². The van der Waals surface area contributed by atoms with Crippen LogP contribution in [0.5, 0.6) is 0 Å². The van der Waals surface area contributed by atoms with E-state index in [-0.39, 0.29) is 0 Å². The quantitative estimate of drug-likeness (QED) is 0.212. The summed E-state index contributed by atoms with van der Waals surface area (Å²) >= 11 is 0. The fraction of sp³-hybridized carbons (Fsp3) is 1.00. The van der Waals surface area contributed by atoms with E-state index in [2.05, 4.69) is 18.4 Å². The normalized spacial score (nSPS) is 13.1. The summed E-state index contributed by atoms with van der Waals surface area (Å²) in [5.74, 6) is 0. The van der Waals surface area contributed by atoms with Crippen LogP contribution in [0, 0.1) is 4.91 Å². The van der Waals surface area contributed by atoms with E-state index in [4.69, 9.17) is 4.18 Å². The van der Waals surface area contributed by atoms with Crippen LogP contribution < -0.4 is 0 Å². The molecule has 0 aromatic carbocycles. The Balaban J connectivity index is 3.99. The minimum absolute atomic E-state index is 0.394. The van der Waals surface area contributed by atoms with Gasteiger partial charge in [-0.15, -0.1) is 4.91 Å². The van der Waals surface area contributed by atoms with Crippen LogP contribution in [0.3, 0.4) is 0 Å². The van der Waals surface area contributed by atoms with Crippen LogP contribution in [0.1, 0.15) is 110 Å². The monoisotopic (exact) mass is 363 g/mol. The summed E-state index contributed by atoms with van der Waals surface area (Å²) in [5, 5.41) is 0. The first kappa shape index (κ1) is 23.5. The van der Waals surface area contributed by atoms with Crippen LogP contribution in [0.15, 0.2) is 4.58 Å². The predicted octanol–water partition coefficient (Wildman–Crippen LogP) is 6.27. The van der Waals surface area contributed by atoms with Gasteiger partial charge < -0.3 is 0 Å². The van der Waals surface area contributed by atoms with Gasteiger partial charge in [-0.1, -0.05) is 97.3 Å². The third-order valence-electron chi connectivity index (χ3n) is 4.36. The molecule has 0 spiro atoms. The molecule has 0 fully saturated rings. The molecule has 0 aromatic rings. The molecule has 0 aliphatic rings. The zero-order valence-electron chi connectivity index (χ0n) is 15.7. The summed E-state index contributed by atoms with van der Waals surface area (Å²) in [6, 6.07) is 0. The van der Waals surface area contributed by atoms with Crippen molar-refractivity contribution in [1.82, 2.24) is 0 Å². The van der Waals surface area contributed by atoms with Crippen molar-refractivity contribution < 1.29 is 12.6 Å². The molecule has 0 saturated heterocycles. The Hall–Kier alpha value is -0.490. The molecule has 144 valence electrons. The van der Waals surface area contributed by atoms with Crippen molar-refractivity contribution in [2.45, 2.75) is 116 Å². The van der Waals surface area contributed by atoms with Crippen LogP contribution in [-0.4, -0.2) is 14.5 Å². The molecule has 0 saturated carbocycles. The van der Waals surface area contributed by atoms with Crippen molar-refractivity contribution >= 4 is 10.3 Å². The molecule has 0 aliphatic heterocycles. The molecule has 24 heavy (non-hydrogen) atoms. The molecule has 0 amide bonds. The lowest BCUT2D eigenvalue weighted by atomic mass is 10.0. The van der Waals surface area contributed by atoms with E-state index in [1.165, 1.54) is 57.8 Å². The molecular formula is C18H37NO4S. The highest BCUT2D eigenvalue weighted by Gasteiger charge is 2.19. The number of hydrogen-bond donors (Lipinski definition) is 0. The van der Waals surface area contributed by atoms with E-state index < -0.39 is 16.4 Å². The van der Waals surface area contributed by atoms with Crippen molar-refractivity contribution in [3.8, 4) is 0 Å². The molecule has 1 unspecified atom stereocenters.